The first-order valence-electron chi connectivity index (χ1n) is 20.7. The molecule has 0 aromatic heterocycles. The summed E-state index contributed by atoms with van der Waals surface area (Å²) >= 11 is 0. The maximum Gasteiger partial charge on any atom is 0.310 e. The number of fused-ring (bicyclic) bond motifs is 4. The van der Waals surface area contributed by atoms with E-state index in [4.69, 9.17) is 37.9 Å². The number of hydrogen-bond donors (Lipinski definition) is 0. The van der Waals surface area contributed by atoms with E-state index in [0.29, 0.717) is 60.0 Å². The summed E-state index contributed by atoms with van der Waals surface area (Å²) in [5, 5.41) is 0. The lowest BCUT2D eigenvalue weighted by Gasteiger charge is -2.47. The maximum atomic E-state index is 13.6. The molecule has 18 heteroatoms. The summed E-state index contributed by atoms with van der Waals surface area (Å²) in [6.07, 6.45) is 8.10. The predicted octanol–water partition coefficient (Wildman–Crippen LogP) is 0.828. The molecular weight excluding hydrogens is 1070 g/mol. The molecule has 14 nitrogen and oxygen atoms in total. The molecule has 5 fully saturated rings. The fourth-order valence-corrected chi connectivity index (χ4v) is 11.0. The van der Waals surface area contributed by atoms with Crippen LogP contribution in [-0.4, -0.2) is 112 Å². The fourth-order valence-electron chi connectivity index (χ4n) is 11.0. The van der Waals surface area contributed by atoms with Gasteiger partial charge >= 0.3 is 23.9 Å². The highest BCUT2D eigenvalue weighted by molar-refractivity contribution is 8.93. The van der Waals surface area contributed by atoms with Gasteiger partial charge in [-0.15, -0.1) is 34.0 Å². The number of rotatable bonds is 14. The Morgan fingerprint density at radius 1 is 0.516 bits per heavy atom. The van der Waals surface area contributed by atoms with Gasteiger partial charge in [0.25, 0.3) is 0 Å². The van der Waals surface area contributed by atoms with E-state index in [1.165, 1.54) is 13.8 Å². The fraction of sp³-hybridized carbons (Fsp3) is 0.636. The van der Waals surface area contributed by atoms with E-state index >= 15 is 0 Å². The first kappa shape index (κ1) is 53.7. The van der Waals surface area contributed by atoms with Crippen molar-refractivity contribution in [2.75, 3.05) is 42.5 Å². The van der Waals surface area contributed by atoms with E-state index in [2.05, 4.69) is 14.1 Å². The summed E-state index contributed by atoms with van der Waals surface area (Å²) in [7, 11) is 10.7. The number of methoxy groups -OCH3 is 4. The lowest BCUT2D eigenvalue weighted by Crippen LogP contribution is -3.00. The molecule has 62 heavy (non-hydrogen) atoms. The summed E-state index contributed by atoms with van der Waals surface area (Å²) < 4.78 is 47.2. The molecule has 4 heterocycles. The molecule has 5 aliphatic rings. The second-order valence-corrected chi connectivity index (χ2v) is 17.5. The van der Waals surface area contributed by atoms with Crippen molar-refractivity contribution in [3.05, 3.63) is 35.4 Å². The molecule has 0 amide bonds. The number of hydrogen-bond acceptors (Lipinski definition) is 12. The van der Waals surface area contributed by atoms with Gasteiger partial charge in [-0.2, -0.15) is 0 Å². The molecular formula is C44H62Br4N2O12. The van der Waals surface area contributed by atoms with E-state index in [1.807, 2.05) is 24.3 Å². The number of carbonyl (C=O) groups is 4. The van der Waals surface area contributed by atoms with Crippen LogP contribution in [0.25, 0.3) is 0 Å². The number of quaternary nitrogens is 2. The number of nitrogens with zero attached hydrogens (tertiary/aromatic N) is 2. The molecule has 10 atom stereocenters. The lowest BCUT2D eigenvalue weighted by molar-refractivity contribution is -0.961. The quantitative estimate of drug-likeness (QED) is 0.151. The van der Waals surface area contributed by atoms with Crippen molar-refractivity contribution < 1.29 is 100 Å². The van der Waals surface area contributed by atoms with Gasteiger partial charge in [0.2, 0.25) is 11.5 Å². The highest BCUT2D eigenvalue weighted by Crippen LogP contribution is 2.48. The van der Waals surface area contributed by atoms with Gasteiger partial charge in [0.15, 0.2) is 23.0 Å². The summed E-state index contributed by atoms with van der Waals surface area (Å²) in [4.78, 5) is 50.7. The largest absolute Gasteiger partial charge is 1.00 e. The molecule has 4 saturated heterocycles. The van der Waals surface area contributed by atoms with Crippen LogP contribution < -0.4 is 62.4 Å². The van der Waals surface area contributed by atoms with E-state index in [1.54, 1.807) is 28.4 Å². The number of carbonyl (C=O) groups excluding carboxylic acids is 4. The van der Waals surface area contributed by atoms with E-state index < -0.39 is 23.8 Å². The van der Waals surface area contributed by atoms with Crippen LogP contribution in [0.2, 0.25) is 0 Å². The van der Waals surface area contributed by atoms with Crippen LogP contribution >= 0.6 is 34.0 Å². The van der Waals surface area contributed by atoms with Gasteiger partial charge in [-0.25, -0.2) is 0 Å². The number of benzene rings is 2. The summed E-state index contributed by atoms with van der Waals surface area (Å²) in [6.45, 7) is 4.15. The first-order valence-corrected chi connectivity index (χ1v) is 20.7. The summed E-state index contributed by atoms with van der Waals surface area (Å²) in [5.41, 5.74) is 2.02. The molecule has 348 valence electrons. The zero-order valence-corrected chi connectivity index (χ0v) is 43.4. The van der Waals surface area contributed by atoms with Crippen molar-refractivity contribution in [1.29, 1.82) is 0 Å². The minimum absolute atomic E-state index is 0. The minimum Gasteiger partial charge on any atom is -1.00 e. The lowest BCUT2D eigenvalue weighted by atomic mass is 9.73. The van der Waals surface area contributed by atoms with Crippen molar-refractivity contribution in [2.24, 2.45) is 11.8 Å². The van der Waals surface area contributed by atoms with Gasteiger partial charge in [-0.05, 0) is 37.1 Å². The van der Waals surface area contributed by atoms with Gasteiger partial charge < -0.3 is 80.8 Å². The number of ether oxygens (including phenoxy) is 8. The second kappa shape index (κ2) is 22.0. The molecule has 4 aliphatic heterocycles. The first-order chi connectivity index (χ1) is 27.7. The van der Waals surface area contributed by atoms with Crippen LogP contribution in [-0.2, 0) is 41.7 Å². The second-order valence-electron chi connectivity index (χ2n) is 17.5. The van der Waals surface area contributed by atoms with Crippen LogP contribution in [0.5, 0.6) is 34.5 Å². The molecule has 2 aromatic carbocycles. The Morgan fingerprint density at radius 2 is 0.790 bits per heavy atom. The smallest absolute Gasteiger partial charge is 0.310 e. The molecule has 1 saturated carbocycles. The molecule has 0 radical (unpaired) electrons. The molecule has 0 spiro atoms. The average Bonchev–Trinajstić information content (AvgIpc) is 3.38. The third-order valence-corrected chi connectivity index (χ3v) is 14.2. The normalized spacial score (nSPS) is 29.9. The molecule has 6 unspecified atom stereocenters. The standard InChI is InChI=1S/C44H60N2O12.4BrH/c1-25(47)55-41-37(51-5)15-27(16-38(41)52-6)23-45(3)29-9-10-30(45)20-33(19-29)57-43(49)35-13-14-36(35)44(50)58-34-21-31-11-12-32(22-34)46(31,4)24-28-17-39(53-7)42(56-26(2)48)40(18-28)54-8;;;;/h15-18,29-36H,9-14,19-24H2,1-8H3;4*1H/q+2;;;;/p-2/t29-,30+,31-,32+,33?,34?,35?,36?,45?,46?;;;;. The Kier molecular flexibility index (Phi) is 19.1. The number of piperidine rings is 2. The minimum atomic E-state index is -0.468. The van der Waals surface area contributed by atoms with Crippen molar-refractivity contribution in [3.8, 4) is 34.5 Å². The van der Waals surface area contributed by atoms with Crippen molar-refractivity contribution in [1.82, 2.24) is 0 Å². The van der Waals surface area contributed by atoms with Crippen molar-refractivity contribution >= 4 is 57.8 Å². The zero-order valence-electron chi connectivity index (χ0n) is 36.8. The highest BCUT2D eigenvalue weighted by atomic mass is 79.9. The zero-order chi connectivity index (χ0) is 41.5. The van der Waals surface area contributed by atoms with E-state index in [9.17, 15) is 19.2 Å². The van der Waals surface area contributed by atoms with Crippen molar-refractivity contribution in [3.63, 3.8) is 0 Å². The Labute approximate surface area is 407 Å². The number of esters is 4. The van der Waals surface area contributed by atoms with Gasteiger partial charge in [-0.3, -0.25) is 19.2 Å². The molecule has 1 aliphatic carbocycles. The van der Waals surface area contributed by atoms with Crippen LogP contribution in [0.4, 0.5) is 0 Å². The highest BCUT2D eigenvalue weighted by Gasteiger charge is 2.55. The monoisotopic (exact) mass is 1130 g/mol. The Morgan fingerprint density at radius 3 is 1.02 bits per heavy atom. The van der Waals surface area contributed by atoms with Crippen LogP contribution in [0.1, 0.15) is 89.2 Å². The van der Waals surface area contributed by atoms with Crippen LogP contribution in [0.3, 0.4) is 0 Å². The molecule has 4 bridgehead atoms. The molecule has 2 aromatic rings. The van der Waals surface area contributed by atoms with Gasteiger partial charge in [0, 0.05) is 76.3 Å². The van der Waals surface area contributed by atoms with Gasteiger partial charge in [-0.1, -0.05) is 0 Å². The average molecular weight is 1130 g/mol. The topological polar surface area (TPSA) is 142 Å². The van der Waals surface area contributed by atoms with Crippen LogP contribution in [0.15, 0.2) is 24.3 Å². The van der Waals surface area contributed by atoms with E-state index in [-0.39, 0.29) is 104 Å². The van der Waals surface area contributed by atoms with Gasteiger partial charge in [0.1, 0.15) is 25.3 Å². The SMILES string of the molecule is Br.Br.COc1cc(C[N+]2(C)[C@@H]3CC[C@H]2CC(OC(=O)C2CCC2C(=O)OC2C[C@H]4CC[C@@H](C2)[N+]4(C)Cc2cc(OC)c(OC(C)=O)c(OC)c2)C3)cc(OC)c1OC(C)=O.[Br-].[Br-]. The Hall–Kier alpha value is -2.64. The molecule has 7 rings (SSSR count). The number of halogens is 4. The van der Waals surface area contributed by atoms with Gasteiger partial charge in [0.05, 0.1) is 78.5 Å². The maximum absolute atomic E-state index is 13.6. The molecule has 0 N–H and O–H groups in total. The summed E-state index contributed by atoms with van der Waals surface area (Å²) in [5.74, 6) is -0.0833. The predicted molar refractivity (Wildman–Crippen MR) is 230 cm³/mol. The van der Waals surface area contributed by atoms with Crippen molar-refractivity contribution in [2.45, 2.75) is 128 Å². The third-order valence-electron chi connectivity index (χ3n) is 14.2. The summed E-state index contributed by atoms with van der Waals surface area (Å²) in [6, 6.07) is 8.85. The van der Waals surface area contributed by atoms with E-state index in [0.717, 1.165) is 84.5 Å². The van der Waals surface area contributed by atoms with Crippen LogP contribution in [0, 0.1) is 11.8 Å². The Bertz CT molecular complexity index is 1720. The third kappa shape index (κ3) is 10.7. The Balaban J connectivity index is 0.00000256.